The molecule has 3 aliphatic heterocycles. The second-order valence-corrected chi connectivity index (χ2v) is 15.8. The number of carbonyl (C=O) groups excluding carboxylic acids is 3. The van der Waals surface area contributed by atoms with Crippen LogP contribution in [-0.2, 0) is 14.4 Å². The van der Waals surface area contributed by atoms with Gasteiger partial charge in [-0.05, 0) is 63.5 Å². The van der Waals surface area contributed by atoms with Gasteiger partial charge in [-0.2, -0.15) is 0 Å². The molecule has 8 heteroatoms. The SMILES string of the molecule is CC(C)[C@H](CO)N1C(=O)[C@@H]2[C@@H](C(=O)Nc3ccccc3)[C@@]3(C)CCC2(S3)C1C(=O)NC(C)(C)CC(C)(C)C. The van der Waals surface area contributed by atoms with Crippen LogP contribution in [0, 0.1) is 23.2 Å². The summed E-state index contributed by atoms with van der Waals surface area (Å²) >= 11 is 1.66. The van der Waals surface area contributed by atoms with Crippen LogP contribution in [0.4, 0.5) is 5.69 Å². The lowest BCUT2D eigenvalue weighted by Crippen LogP contribution is -2.60. The number of aliphatic hydroxyl groups is 1. The van der Waals surface area contributed by atoms with Gasteiger partial charge in [0.25, 0.3) is 0 Å². The maximum absolute atomic E-state index is 14.3. The number of rotatable bonds is 8. The molecule has 3 fully saturated rings. The third kappa shape index (κ3) is 4.99. The number of fused-ring (bicyclic) bond motifs is 1. The number of hydrogen-bond donors (Lipinski definition) is 3. The van der Waals surface area contributed by atoms with E-state index in [1.807, 2.05) is 58.0 Å². The molecule has 0 radical (unpaired) electrons. The van der Waals surface area contributed by atoms with Gasteiger partial charge in [-0.15, -0.1) is 11.8 Å². The molecule has 2 bridgehead atoms. The van der Waals surface area contributed by atoms with E-state index in [4.69, 9.17) is 0 Å². The zero-order valence-electron chi connectivity index (χ0n) is 24.1. The Bertz CT molecular complexity index is 1080. The molecule has 3 N–H and O–H groups in total. The Morgan fingerprint density at radius 1 is 1.11 bits per heavy atom. The number of nitrogens with zero attached hydrogens (tertiary/aromatic N) is 1. The van der Waals surface area contributed by atoms with Crippen molar-refractivity contribution in [3.8, 4) is 0 Å². The first-order chi connectivity index (χ1) is 17.6. The van der Waals surface area contributed by atoms with Gasteiger partial charge in [0.15, 0.2) is 0 Å². The van der Waals surface area contributed by atoms with Gasteiger partial charge in [-0.1, -0.05) is 52.8 Å². The van der Waals surface area contributed by atoms with Gasteiger partial charge in [-0.3, -0.25) is 14.4 Å². The van der Waals surface area contributed by atoms with E-state index in [2.05, 4.69) is 38.3 Å². The van der Waals surface area contributed by atoms with E-state index >= 15 is 0 Å². The topological polar surface area (TPSA) is 98.7 Å². The highest BCUT2D eigenvalue weighted by molar-refractivity contribution is 8.02. The van der Waals surface area contributed by atoms with Crippen LogP contribution in [0.1, 0.15) is 74.7 Å². The number of nitrogens with one attached hydrogen (secondary N) is 2. The van der Waals surface area contributed by atoms with E-state index in [0.29, 0.717) is 12.1 Å². The van der Waals surface area contributed by atoms with Gasteiger partial charge in [0.1, 0.15) is 6.04 Å². The van der Waals surface area contributed by atoms with Crippen molar-refractivity contribution in [1.29, 1.82) is 0 Å². The number of likely N-dealkylation sites (tertiary alicyclic amines) is 1. The fraction of sp³-hybridized carbons (Fsp3) is 0.700. The van der Waals surface area contributed by atoms with E-state index < -0.39 is 39.0 Å². The lowest BCUT2D eigenvalue weighted by molar-refractivity contribution is -0.144. The molecule has 3 aliphatic rings. The number of para-hydroxylation sites is 1. The van der Waals surface area contributed by atoms with Crippen molar-refractivity contribution in [2.24, 2.45) is 23.2 Å². The fourth-order valence-electron chi connectivity index (χ4n) is 7.56. The quantitative estimate of drug-likeness (QED) is 0.450. The molecule has 7 nitrogen and oxygen atoms in total. The Balaban J connectivity index is 1.75. The molecule has 0 aromatic heterocycles. The first-order valence-corrected chi connectivity index (χ1v) is 14.7. The van der Waals surface area contributed by atoms with Crippen LogP contribution in [0.25, 0.3) is 0 Å². The fourth-order valence-corrected chi connectivity index (χ4v) is 9.90. The zero-order chi connectivity index (χ0) is 28.3. The Kier molecular flexibility index (Phi) is 7.50. The van der Waals surface area contributed by atoms with E-state index in [-0.39, 0.29) is 35.7 Å². The minimum Gasteiger partial charge on any atom is -0.394 e. The molecular formula is C30H45N3O4S. The van der Waals surface area contributed by atoms with Gasteiger partial charge in [0.05, 0.1) is 29.2 Å². The standard InChI is InChI=1S/C30H45N3O4S/c1-18(2)20(16-34)33-23(25(36)32-28(6,7)17-27(3,4)5)30-15-14-29(8,38-30)21(22(30)26(33)37)24(35)31-19-12-10-9-11-13-19/h9-13,18,20-23,34H,14-17H2,1-8H3,(H,31,35)(H,32,36)/t20-,21-,22-,23?,29+,30?/m0/s1. The highest BCUT2D eigenvalue weighted by atomic mass is 32.2. The van der Waals surface area contributed by atoms with Crippen molar-refractivity contribution in [2.45, 2.75) is 102 Å². The number of benzene rings is 1. The predicted molar refractivity (Wildman–Crippen MR) is 153 cm³/mol. The number of aliphatic hydroxyl groups excluding tert-OH is 1. The van der Waals surface area contributed by atoms with Crippen LogP contribution in [0.15, 0.2) is 30.3 Å². The van der Waals surface area contributed by atoms with E-state index in [0.717, 1.165) is 12.8 Å². The largest absolute Gasteiger partial charge is 0.394 e. The molecule has 210 valence electrons. The maximum atomic E-state index is 14.3. The Morgan fingerprint density at radius 2 is 1.74 bits per heavy atom. The second-order valence-electron chi connectivity index (χ2n) is 13.9. The minimum atomic E-state index is -0.750. The molecule has 3 amide bonds. The van der Waals surface area contributed by atoms with Crippen molar-refractivity contribution in [3.63, 3.8) is 0 Å². The molecule has 0 saturated carbocycles. The predicted octanol–water partition coefficient (Wildman–Crippen LogP) is 4.45. The third-order valence-electron chi connectivity index (χ3n) is 8.53. The second kappa shape index (κ2) is 9.84. The normalized spacial score (nSPS) is 31.5. The number of thioether (sulfide) groups is 1. The van der Waals surface area contributed by atoms with Crippen LogP contribution < -0.4 is 10.6 Å². The first-order valence-electron chi connectivity index (χ1n) is 13.9. The smallest absolute Gasteiger partial charge is 0.244 e. The number of anilines is 1. The van der Waals surface area contributed by atoms with E-state index in [1.165, 1.54) is 0 Å². The summed E-state index contributed by atoms with van der Waals surface area (Å²) in [6, 6.07) is 8.05. The molecule has 1 aromatic carbocycles. The number of carbonyl (C=O) groups is 3. The van der Waals surface area contributed by atoms with Gasteiger partial charge in [-0.25, -0.2) is 0 Å². The summed E-state index contributed by atoms with van der Waals surface area (Å²) in [5.41, 5.74) is 0.211. The van der Waals surface area contributed by atoms with Crippen molar-refractivity contribution in [2.75, 3.05) is 11.9 Å². The van der Waals surface area contributed by atoms with Gasteiger partial charge < -0.3 is 20.6 Å². The Labute approximate surface area is 231 Å². The Hall–Kier alpha value is -2.06. The summed E-state index contributed by atoms with van der Waals surface area (Å²) < 4.78 is -1.16. The highest BCUT2D eigenvalue weighted by Crippen LogP contribution is 2.71. The highest BCUT2D eigenvalue weighted by Gasteiger charge is 2.77. The summed E-state index contributed by atoms with van der Waals surface area (Å²) in [7, 11) is 0. The summed E-state index contributed by atoms with van der Waals surface area (Å²) in [6.07, 6.45) is 2.20. The molecule has 38 heavy (non-hydrogen) atoms. The van der Waals surface area contributed by atoms with Gasteiger partial charge in [0, 0.05) is 16.0 Å². The molecule has 3 heterocycles. The van der Waals surface area contributed by atoms with E-state index in [1.54, 1.807) is 16.7 Å². The van der Waals surface area contributed by atoms with Crippen LogP contribution in [-0.4, -0.2) is 61.5 Å². The Morgan fingerprint density at radius 3 is 2.29 bits per heavy atom. The lowest BCUT2D eigenvalue weighted by atomic mass is 9.66. The monoisotopic (exact) mass is 543 g/mol. The molecular weight excluding hydrogens is 498 g/mol. The lowest BCUT2D eigenvalue weighted by Gasteiger charge is -2.41. The molecule has 1 spiro atoms. The van der Waals surface area contributed by atoms with Gasteiger partial charge >= 0.3 is 0 Å². The summed E-state index contributed by atoms with van der Waals surface area (Å²) in [5, 5.41) is 16.7. The molecule has 4 rings (SSSR count). The molecule has 1 aromatic rings. The van der Waals surface area contributed by atoms with Crippen molar-refractivity contribution in [1.82, 2.24) is 10.2 Å². The van der Waals surface area contributed by atoms with Crippen LogP contribution >= 0.6 is 11.8 Å². The number of amides is 3. The van der Waals surface area contributed by atoms with Crippen molar-refractivity contribution < 1.29 is 19.5 Å². The molecule has 6 atom stereocenters. The van der Waals surface area contributed by atoms with Gasteiger partial charge in [0.2, 0.25) is 17.7 Å². The van der Waals surface area contributed by atoms with E-state index in [9.17, 15) is 19.5 Å². The summed E-state index contributed by atoms with van der Waals surface area (Å²) in [6.45, 7) is 16.2. The average Bonchev–Trinajstić information content (AvgIpc) is 3.34. The minimum absolute atomic E-state index is 0.00299. The summed E-state index contributed by atoms with van der Waals surface area (Å²) in [5.74, 6) is -1.78. The molecule has 2 unspecified atom stereocenters. The molecule has 3 saturated heterocycles. The van der Waals surface area contributed by atoms with Crippen molar-refractivity contribution >= 4 is 35.2 Å². The zero-order valence-corrected chi connectivity index (χ0v) is 24.9. The number of hydrogen-bond acceptors (Lipinski definition) is 5. The molecule has 0 aliphatic carbocycles. The van der Waals surface area contributed by atoms with Crippen LogP contribution in [0.5, 0.6) is 0 Å². The maximum Gasteiger partial charge on any atom is 0.244 e. The average molecular weight is 544 g/mol. The third-order valence-corrected chi connectivity index (χ3v) is 10.5. The summed E-state index contributed by atoms with van der Waals surface area (Å²) in [4.78, 5) is 44.0. The van der Waals surface area contributed by atoms with Crippen LogP contribution in [0.2, 0.25) is 0 Å². The first kappa shape index (κ1) is 28.9. The van der Waals surface area contributed by atoms with Crippen LogP contribution in [0.3, 0.4) is 0 Å². The van der Waals surface area contributed by atoms with Crippen molar-refractivity contribution in [3.05, 3.63) is 30.3 Å².